The molecule has 0 aliphatic carbocycles. The van der Waals surface area contributed by atoms with Crippen LogP contribution in [0, 0.1) is 0 Å². The Bertz CT molecular complexity index is 162. The van der Waals surface area contributed by atoms with Gasteiger partial charge in [-0.1, -0.05) is 6.92 Å². The first-order valence-corrected chi connectivity index (χ1v) is 4.65. The van der Waals surface area contributed by atoms with Crippen molar-refractivity contribution in [1.29, 1.82) is 0 Å². The monoisotopic (exact) mass is 191 g/mol. The number of alkyl halides is 1. The normalized spacial score (nSPS) is 29.1. The summed E-state index contributed by atoms with van der Waals surface area (Å²) in [5, 5.41) is 0. The molecule has 1 rings (SSSR count). The number of hydrogen-bond donors (Lipinski definition) is 0. The zero-order valence-corrected chi connectivity index (χ0v) is 8.55. The molecule has 0 spiro atoms. The number of piperidine rings is 1. The standard InChI is InChI=1S/C9H18FNO2/c1-4-11-6-5-9(12-2,13-3)8(10)7-11/h8H,4-7H2,1-3H3. The molecule has 1 fully saturated rings. The molecule has 3 nitrogen and oxygen atoms in total. The number of hydrogen-bond acceptors (Lipinski definition) is 3. The van der Waals surface area contributed by atoms with Crippen molar-refractivity contribution in [2.75, 3.05) is 33.9 Å². The van der Waals surface area contributed by atoms with Crippen LogP contribution in [0.1, 0.15) is 13.3 Å². The van der Waals surface area contributed by atoms with Crippen LogP contribution in [0.2, 0.25) is 0 Å². The van der Waals surface area contributed by atoms with E-state index in [-0.39, 0.29) is 0 Å². The van der Waals surface area contributed by atoms with Crippen LogP contribution in [0.5, 0.6) is 0 Å². The lowest BCUT2D eigenvalue weighted by atomic mass is 10.0. The van der Waals surface area contributed by atoms with Crippen LogP contribution in [0.25, 0.3) is 0 Å². The zero-order valence-electron chi connectivity index (χ0n) is 8.55. The Morgan fingerprint density at radius 2 is 2.08 bits per heavy atom. The van der Waals surface area contributed by atoms with Gasteiger partial charge in [0, 0.05) is 33.7 Å². The maximum absolute atomic E-state index is 13.6. The Kier molecular flexibility index (Phi) is 3.64. The second-order valence-electron chi connectivity index (χ2n) is 3.33. The van der Waals surface area contributed by atoms with Gasteiger partial charge in [0.05, 0.1) is 0 Å². The van der Waals surface area contributed by atoms with Crippen molar-refractivity contribution in [2.24, 2.45) is 0 Å². The molecule has 0 radical (unpaired) electrons. The zero-order chi connectivity index (χ0) is 9.90. The van der Waals surface area contributed by atoms with E-state index in [0.29, 0.717) is 13.0 Å². The van der Waals surface area contributed by atoms with Gasteiger partial charge in [0.15, 0.2) is 6.17 Å². The number of rotatable bonds is 3. The van der Waals surface area contributed by atoms with E-state index in [0.717, 1.165) is 13.1 Å². The first kappa shape index (κ1) is 10.9. The highest BCUT2D eigenvalue weighted by molar-refractivity contribution is 4.87. The molecule has 0 N–H and O–H groups in total. The molecule has 0 aromatic rings. The van der Waals surface area contributed by atoms with Gasteiger partial charge >= 0.3 is 0 Å². The molecule has 4 heteroatoms. The second kappa shape index (κ2) is 4.35. The largest absolute Gasteiger partial charge is 0.351 e. The van der Waals surface area contributed by atoms with E-state index in [1.54, 1.807) is 0 Å². The van der Waals surface area contributed by atoms with E-state index in [1.165, 1.54) is 14.2 Å². The van der Waals surface area contributed by atoms with Crippen LogP contribution < -0.4 is 0 Å². The average molecular weight is 191 g/mol. The summed E-state index contributed by atoms with van der Waals surface area (Å²) < 4.78 is 23.9. The van der Waals surface area contributed by atoms with E-state index in [2.05, 4.69) is 4.90 Å². The minimum absolute atomic E-state index is 0.401. The highest BCUT2D eigenvalue weighted by Gasteiger charge is 2.44. The minimum atomic E-state index is -1.06. The van der Waals surface area contributed by atoms with Crippen LogP contribution >= 0.6 is 0 Å². The van der Waals surface area contributed by atoms with E-state index in [4.69, 9.17) is 9.47 Å². The van der Waals surface area contributed by atoms with Gasteiger partial charge in [-0.3, -0.25) is 0 Å². The average Bonchev–Trinajstić information content (AvgIpc) is 2.18. The lowest BCUT2D eigenvalue weighted by Gasteiger charge is -2.41. The van der Waals surface area contributed by atoms with Crippen molar-refractivity contribution >= 4 is 0 Å². The predicted octanol–water partition coefficient (Wildman–Crippen LogP) is 1.04. The molecule has 1 heterocycles. The summed E-state index contributed by atoms with van der Waals surface area (Å²) in [5.41, 5.74) is 0. The van der Waals surface area contributed by atoms with Crippen molar-refractivity contribution < 1.29 is 13.9 Å². The molecular weight excluding hydrogens is 173 g/mol. The van der Waals surface area contributed by atoms with Gasteiger partial charge in [0.1, 0.15) is 0 Å². The third-order valence-corrected chi connectivity index (χ3v) is 2.81. The number of halogens is 1. The lowest BCUT2D eigenvalue weighted by molar-refractivity contribution is -0.262. The molecule has 1 saturated heterocycles. The number of nitrogens with zero attached hydrogens (tertiary/aromatic N) is 1. The summed E-state index contributed by atoms with van der Waals surface area (Å²) in [4.78, 5) is 2.06. The molecule has 0 aromatic heterocycles. The van der Waals surface area contributed by atoms with Crippen LogP contribution in [-0.2, 0) is 9.47 Å². The third-order valence-electron chi connectivity index (χ3n) is 2.81. The molecule has 13 heavy (non-hydrogen) atoms. The first-order valence-electron chi connectivity index (χ1n) is 4.65. The summed E-state index contributed by atoms with van der Waals surface area (Å²) in [7, 11) is 3.00. The van der Waals surface area contributed by atoms with Crippen molar-refractivity contribution in [3.63, 3.8) is 0 Å². The first-order chi connectivity index (χ1) is 6.18. The number of likely N-dealkylation sites (tertiary alicyclic amines) is 1. The van der Waals surface area contributed by atoms with E-state index in [9.17, 15) is 4.39 Å². The number of methoxy groups -OCH3 is 2. The smallest absolute Gasteiger partial charge is 0.201 e. The number of ether oxygens (including phenoxy) is 2. The van der Waals surface area contributed by atoms with Crippen molar-refractivity contribution in [3.8, 4) is 0 Å². The fourth-order valence-electron chi connectivity index (χ4n) is 1.76. The van der Waals surface area contributed by atoms with Gasteiger partial charge in [0.25, 0.3) is 0 Å². The van der Waals surface area contributed by atoms with Gasteiger partial charge in [-0.2, -0.15) is 0 Å². The second-order valence-corrected chi connectivity index (χ2v) is 3.33. The Hall–Kier alpha value is -0.190. The maximum Gasteiger partial charge on any atom is 0.201 e. The minimum Gasteiger partial charge on any atom is -0.351 e. The fraction of sp³-hybridized carbons (Fsp3) is 1.00. The molecule has 1 atom stereocenters. The predicted molar refractivity (Wildman–Crippen MR) is 48.4 cm³/mol. The molecule has 78 valence electrons. The van der Waals surface area contributed by atoms with Gasteiger partial charge < -0.3 is 14.4 Å². The summed E-state index contributed by atoms with van der Waals surface area (Å²) in [5.74, 6) is -1.01. The molecule has 1 aliphatic rings. The van der Waals surface area contributed by atoms with Gasteiger partial charge in [-0.25, -0.2) is 4.39 Å². The molecule has 0 bridgehead atoms. The topological polar surface area (TPSA) is 21.7 Å². The summed E-state index contributed by atoms with van der Waals surface area (Å²) in [6, 6.07) is 0. The van der Waals surface area contributed by atoms with E-state index in [1.807, 2.05) is 6.92 Å². The van der Waals surface area contributed by atoms with Gasteiger partial charge in [-0.05, 0) is 6.54 Å². The molecule has 1 aliphatic heterocycles. The molecule has 0 amide bonds. The molecule has 0 saturated carbocycles. The highest BCUT2D eigenvalue weighted by atomic mass is 19.1. The SMILES string of the molecule is CCN1CCC(OC)(OC)C(F)C1. The van der Waals surface area contributed by atoms with Crippen molar-refractivity contribution in [3.05, 3.63) is 0 Å². The van der Waals surface area contributed by atoms with Crippen LogP contribution in [0.3, 0.4) is 0 Å². The van der Waals surface area contributed by atoms with E-state index < -0.39 is 12.0 Å². The quantitative estimate of drug-likeness (QED) is 0.622. The molecular formula is C9H18FNO2. The maximum atomic E-state index is 13.6. The molecule has 0 aromatic carbocycles. The van der Waals surface area contributed by atoms with Crippen LogP contribution in [0.15, 0.2) is 0 Å². The Balaban J connectivity index is 2.60. The third kappa shape index (κ3) is 2.00. The van der Waals surface area contributed by atoms with Crippen LogP contribution in [-0.4, -0.2) is 50.7 Å². The van der Waals surface area contributed by atoms with Gasteiger partial charge in [-0.15, -0.1) is 0 Å². The van der Waals surface area contributed by atoms with E-state index >= 15 is 0 Å². The Labute approximate surface area is 78.8 Å². The Morgan fingerprint density at radius 1 is 1.46 bits per heavy atom. The summed E-state index contributed by atoms with van der Waals surface area (Å²) in [6.45, 7) is 4.14. The van der Waals surface area contributed by atoms with Crippen molar-refractivity contribution in [1.82, 2.24) is 4.90 Å². The Morgan fingerprint density at radius 3 is 2.46 bits per heavy atom. The molecule has 1 unspecified atom stereocenters. The van der Waals surface area contributed by atoms with Crippen molar-refractivity contribution in [2.45, 2.75) is 25.3 Å². The highest BCUT2D eigenvalue weighted by Crippen LogP contribution is 2.28. The summed E-state index contributed by atoms with van der Waals surface area (Å²) in [6.07, 6.45) is -0.467. The van der Waals surface area contributed by atoms with Gasteiger partial charge in [0.2, 0.25) is 5.79 Å². The fourth-order valence-corrected chi connectivity index (χ4v) is 1.76. The summed E-state index contributed by atoms with van der Waals surface area (Å²) >= 11 is 0. The lowest BCUT2D eigenvalue weighted by Crippen LogP contribution is -2.55. The van der Waals surface area contributed by atoms with Crippen LogP contribution in [0.4, 0.5) is 4.39 Å².